The Morgan fingerprint density at radius 1 is 1.37 bits per heavy atom. The number of aryl methyl sites for hydroxylation is 2. The number of hydrogen-bond acceptors (Lipinski definition) is 4. The summed E-state index contributed by atoms with van der Waals surface area (Å²) >= 11 is 0. The van der Waals surface area contributed by atoms with Crippen LogP contribution in [0.15, 0.2) is 29.7 Å². The van der Waals surface area contributed by atoms with Crippen molar-refractivity contribution in [2.24, 2.45) is 10.9 Å². The third-order valence-electron chi connectivity index (χ3n) is 3.39. The van der Waals surface area contributed by atoms with E-state index in [1.54, 1.807) is 17.1 Å². The minimum absolute atomic E-state index is 0.0615. The first kappa shape index (κ1) is 11.7. The molecule has 1 aliphatic rings. The Morgan fingerprint density at radius 2 is 2.21 bits per heavy atom. The van der Waals surface area contributed by atoms with Crippen LogP contribution in [0.5, 0.6) is 0 Å². The molecule has 0 aliphatic heterocycles. The van der Waals surface area contributed by atoms with Gasteiger partial charge in [-0.3, -0.25) is 0 Å². The molecule has 98 valence electrons. The normalized spacial score (nSPS) is 15.3. The first-order valence-corrected chi connectivity index (χ1v) is 6.30. The van der Waals surface area contributed by atoms with Gasteiger partial charge in [-0.25, -0.2) is 9.67 Å². The van der Waals surface area contributed by atoms with Gasteiger partial charge in [-0.1, -0.05) is 5.16 Å². The van der Waals surface area contributed by atoms with Gasteiger partial charge in [0.2, 0.25) is 0 Å². The van der Waals surface area contributed by atoms with E-state index in [4.69, 9.17) is 10.9 Å². The highest BCUT2D eigenvalue weighted by atomic mass is 16.4. The van der Waals surface area contributed by atoms with Crippen LogP contribution in [0.3, 0.4) is 0 Å². The fourth-order valence-electron chi connectivity index (χ4n) is 2.43. The van der Waals surface area contributed by atoms with Gasteiger partial charge >= 0.3 is 0 Å². The number of nitrogens with zero attached hydrogens (tertiary/aromatic N) is 4. The van der Waals surface area contributed by atoms with Crippen LogP contribution >= 0.6 is 0 Å². The minimum Gasteiger partial charge on any atom is -0.409 e. The summed E-state index contributed by atoms with van der Waals surface area (Å²) in [6.45, 7) is 0. The van der Waals surface area contributed by atoms with Gasteiger partial charge in [0.05, 0.1) is 5.56 Å². The maximum atomic E-state index is 8.92. The third-order valence-corrected chi connectivity index (χ3v) is 3.39. The zero-order valence-electron chi connectivity index (χ0n) is 10.5. The third kappa shape index (κ3) is 2.05. The van der Waals surface area contributed by atoms with E-state index < -0.39 is 0 Å². The van der Waals surface area contributed by atoms with Crippen molar-refractivity contribution in [2.45, 2.75) is 25.7 Å². The molecule has 0 saturated carbocycles. The molecule has 19 heavy (non-hydrogen) atoms. The summed E-state index contributed by atoms with van der Waals surface area (Å²) in [4.78, 5) is 4.65. The summed E-state index contributed by atoms with van der Waals surface area (Å²) in [5.41, 5.74) is 8.64. The molecule has 0 unspecified atom stereocenters. The van der Waals surface area contributed by atoms with E-state index in [0.717, 1.165) is 31.4 Å². The molecular weight excluding hydrogens is 242 g/mol. The fraction of sp³-hybridized carbons (Fsp3) is 0.308. The highest BCUT2D eigenvalue weighted by Crippen LogP contribution is 2.23. The van der Waals surface area contributed by atoms with Crippen molar-refractivity contribution in [3.8, 4) is 5.82 Å². The largest absolute Gasteiger partial charge is 0.409 e. The SMILES string of the molecule is NC(=NO)c1cc2c(nc1-n1cccn1)CCCC2. The van der Waals surface area contributed by atoms with Gasteiger partial charge in [-0.2, -0.15) is 5.10 Å². The number of oxime groups is 1. The lowest BCUT2D eigenvalue weighted by molar-refractivity contribution is 0.318. The highest BCUT2D eigenvalue weighted by molar-refractivity contribution is 6.00. The highest BCUT2D eigenvalue weighted by Gasteiger charge is 2.18. The number of pyridine rings is 1. The molecule has 2 heterocycles. The molecule has 3 N–H and O–H groups in total. The van der Waals surface area contributed by atoms with Crippen LogP contribution in [0.25, 0.3) is 5.82 Å². The summed E-state index contributed by atoms with van der Waals surface area (Å²) in [5, 5.41) is 16.2. The van der Waals surface area contributed by atoms with E-state index in [9.17, 15) is 0 Å². The lowest BCUT2D eigenvalue weighted by Gasteiger charge is -2.18. The second-order valence-electron chi connectivity index (χ2n) is 4.61. The smallest absolute Gasteiger partial charge is 0.173 e. The van der Waals surface area contributed by atoms with Crippen molar-refractivity contribution in [2.75, 3.05) is 0 Å². The predicted octanol–water partition coefficient (Wildman–Crippen LogP) is 1.24. The molecule has 2 aromatic heterocycles. The molecule has 0 radical (unpaired) electrons. The van der Waals surface area contributed by atoms with Gasteiger partial charge in [-0.05, 0) is 43.4 Å². The summed E-state index contributed by atoms with van der Waals surface area (Å²) in [7, 11) is 0. The Hall–Kier alpha value is -2.37. The van der Waals surface area contributed by atoms with Crippen molar-refractivity contribution >= 4 is 5.84 Å². The molecule has 3 rings (SSSR count). The number of fused-ring (bicyclic) bond motifs is 1. The first-order valence-electron chi connectivity index (χ1n) is 6.30. The summed E-state index contributed by atoms with van der Waals surface area (Å²) in [5.74, 6) is 0.673. The Kier molecular flexibility index (Phi) is 2.91. The molecule has 0 aromatic carbocycles. The number of nitrogens with two attached hydrogens (primary N) is 1. The molecule has 0 bridgehead atoms. The van der Waals surface area contributed by atoms with Gasteiger partial charge in [0, 0.05) is 18.1 Å². The zero-order chi connectivity index (χ0) is 13.2. The van der Waals surface area contributed by atoms with E-state index in [1.165, 1.54) is 5.56 Å². The van der Waals surface area contributed by atoms with Crippen LogP contribution in [-0.2, 0) is 12.8 Å². The van der Waals surface area contributed by atoms with E-state index in [2.05, 4.69) is 15.2 Å². The van der Waals surface area contributed by atoms with Crippen LogP contribution in [0.2, 0.25) is 0 Å². The standard InChI is InChI=1S/C13H15N5O/c14-12(17-19)10-8-9-4-1-2-5-11(9)16-13(10)18-7-3-6-15-18/h3,6-8,19H,1-2,4-5H2,(H2,14,17). The average Bonchev–Trinajstić information content (AvgIpc) is 2.99. The molecule has 0 spiro atoms. The number of hydrogen-bond donors (Lipinski definition) is 2. The number of aromatic nitrogens is 3. The van der Waals surface area contributed by atoms with Crippen molar-refractivity contribution in [3.63, 3.8) is 0 Å². The van der Waals surface area contributed by atoms with Crippen molar-refractivity contribution in [1.82, 2.24) is 14.8 Å². The lowest BCUT2D eigenvalue weighted by Crippen LogP contribution is -2.20. The minimum atomic E-state index is 0.0615. The Morgan fingerprint density at radius 3 is 2.95 bits per heavy atom. The van der Waals surface area contributed by atoms with E-state index in [-0.39, 0.29) is 5.84 Å². The van der Waals surface area contributed by atoms with Gasteiger partial charge < -0.3 is 10.9 Å². The Balaban J connectivity index is 2.20. The summed E-state index contributed by atoms with van der Waals surface area (Å²) in [6, 6.07) is 3.78. The molecule has 0 atom stereocenters. The Bertz CT molecular complexity index is 618. The number of rotatable bonds is 2. The molecule has 0 saturated heterocycles. The van der Waals surface area contributed by atoms with Crippen LogP contribution in [-0.4, -0.2) is 25.8 Å². The molecule has 6 nitrogen and oxygen atoms in total. The van der Waals surface area contributed by atoms with Crippen LogP contribution < -0.4 is 5.73 Å². The zero-order valence-corrected chi connectivity index (χ0v) is 10.5. The molecule has 1 aliphatic carbocycles. The van der Waals surface area contributed by atoms with Crippen molar-refractivity contribution in [3.05, 3.63) is 41.3 Å². The van der Waals surface area contributed by atoms with Crippen LogP contribution in [0.4, 0.5) is 0 Å². The van der Waals surface area contributed by atoms with E-state index in [1.807, 2.05) is 12.1 Å². The van der Waals surface area contributed by atoms with Crippen molar-refractivity contribution < 1.29 is 5.21 Å². The Labute approximate surface area is 110 Å². The number of amidine groups is 1. The topological polar surface area (TPSA) is 89.3 Å². The predicted molar refractivity (Wildman–Crippen MR) is 70.5 cm³/mol. The maximum absolute atomic E-state index is 8.92. The van der Waals surface area contributed by atoms with Crippen LogP contribution in [0.1, 0.15) is 29.7 Å². The molecule has 0 fully saturated rings. The average molecular weight is 257 g/mol. The van der Waals surface area contributed by atoms with Gasteiger partial charge in [-0.15, -0.1) is 0 Å². The van der Waals surface area contributed by atoms with Gasteiger partial charge in [0.25, 0.3) is 0 Å². The second kappa shape index (κ2) is 4.72. The lowest BCUT2D eigenvalue weighted by atomic mass is 9.94. The van der Waals surface area contributed by atoms with E-state index in [0.29, 0.717) is 11.4 Å². The molecule has 6 heteroatoms. The first-order chi connectivity index (χ1) is 9.29. The van der Waals surface area contributed by atoms with Gasteiger partial charge in [0.15, 0.2) is 11.7 Å². The van der Waals surface area contributed by atoms with E-state index >= 15 is 0 Å². The summed E-state index contributed by atoms with van der Waals surface area (Å²) < 4.78 is 1.64. The fourth-order valence-corrected chi connectivity index (χ4v) is 2.43. The second-order valence-corrected chi connectivity index (χ2v) is 4.61. The molecule has 0 amide bonds. The molecular formula is C13H15N5O. The quantitative estimate of drug-likeness (QED) is 0.366. The summed E-state index contributed by atoms with van der Waals surface area (Å²) in [6.07, 6.45) is 7.75. The van der Waals surface area contributed by atoms with Crippen molar-refractivity contribution in [1.29, 1.82) is 0 Å². The monoisotopic (exact) mass is 257 g/mol. The van der Waals surface area contributed by atoms with Gasteiger partial charge in [0.1, 0.15) is 0 Å². The van der Waals surface area contributed by atoms with Crippen LogP contribution in [0, 0.1) is 0 Å². The molecule has 2 aromatic rings. The maximum Gasteiger partial charge on any atom is 0.173 e.